The lowest BCUT2D eigenvalue weighted by Crippen LogP contribution is -1.98. The van der Waals surface area contributed by atoms with Crippen LogP contribution >= 0.6 is 23.4 Å². The second-order valence-corrected chi connectivity index (χ2v) is 6.48. The molecule has 3 rings (SSSR count). The van der Waals surface area contributed by atoms with Crippen molar-refractivity contribution in [3.05, 3.63) is 59.2 Å². The largest absolute Gasteiger partial charge is 0.508 e. The average Bonchev–Trinajstić information content (AvgIpc) is 3.04. The highest BCUT2D eigenvalue weighted by Crippen LogP contribution is 2.39. The Morgan fingerprint density at radius 1 is 1.22 bits per heavy atom. The number of phenolic OH excluding ortho intramolecular Hbond substituents is 1. The minimum atomic E-state index is -0.220. The summed E-state index contributed by atoms with van der Waals surface area (Å²) in [7, 11) is 0. The van der Waals surface area contributed by atoms with Crippen LogP contribution in [0.2, 0.25) is 5.15 Å². The first-order chi connectivity index (χ1) is 11.2. The molecule has 0 aliphatic rings. The van der Waals surface area contributed by atoms with Crippen molar-refractivity contribution < 1.29 is 9.52 Å². The minimum Gasteiger partial charge on any atom is -0.508 e. The van der Waals surface area contributed by atoms with E-state index in [9.17, 15) is 5.11 Å². The third-order valence-corrected chi connectivity index (χ3v) is 4.54. The summed E-state index contributed by atoms with van der Waals surface area (Å²) in [5.41, 5.74) is 1.45. The molecule has 2 heterocycles. The SMILES string of the molecule is CCSC(c1nnc(-c2ccc(Cl)nc2)o1)c1ccccc1O. The van der Waals surface area contributed by atoms with Gasteiger partial charge in [-0.05, 0) is 24.0 Å². The highest BCUT2D eigenvalue weighted by Gasteiger charge is 2.23. The summed E-state index contributed by atoms with van der Waals surface area (Å²) in [4.78, 5) is 4.01. The number of nitrogens with zero attached hydrogens (tertiary/aromatic N) is 3. The molecule has 2 aromatic heterocycles. The molecule has 0 bridgehead atoms. The van der Waals surface area contributed by atoms with Crippen molar-refractivity contribution in [2.45, 2.75) is 12.2 Å². The number of thioether (sulfide) groups is 1. The van der Waals surface area contributed by atoms with Crippen molar-refractivity contribution in [3.8, 4) is 17.2 Å². The van der Waals surface area contributed by atoms with E-state index >= 15 is 0 Å². The molecular formula is C16H14ClN3O2S. The van der Waals surface area contributed by atoms with Crippen molar-refractivity contribution in [2.75, 3.05) is 5.75 Å². The summed E-state index contributed by atoms with van der Waals surface area (Å²) >= 11 is 7.40. The van der Waals surface area contributed by atoms with E-state index in [1.54, 1.807) is 42.2 Å². The zero-order valence-electron chi connectivity index (χ0n) is 12.3. The van der Waals surface area contributed by atoms with Crippen LogP contribution in [-0.4, -0.2) is 26.0 Å². The molecule has 0 fully saturated rings. The minimum absolute atomic E-state index is 0.214. The van der Waals surface area contributed by atoms with Gasteiger partial charge in [-0.25, -0.2) is 4.98 Å². The maximum Gasteiger partial charge on any atom is 0.249 e. The molecule has 23 heavy (non-hydrogen) atoms. The van der Waals surface area contributed by atoms with Crippen LogP contribution in [0.15, 0.2) is 47.0 Å². The first-order valence-corrected chi connectivity index (χ1v) is 8.46. The summed E-state index contributed by atoms with van der Waals surface area (Å²) < 4.78 is 5.80. The topological polar surface area (TPSA) is 72.0 Å². The van der Waals surface area contributed by atoms with E-state index in [0.29, 0.717) is 22.5 Å². The Hall–Kier alpha value is -2.05. The fourth-order valence-corrected chi connectivity index (χ4v) is 3.19. The van der Waals surface area contributed by atoms with Crippen LogP contribution in [0.1, 0.15) is 23.6 Å². The third kappa shape index (κ3) is 3.48. The molecule has 3 aromatic rings. The van der Waals surface area contributed by atoms with E-state index in [2.05, 4.69) is 15.2 Å². The van der Waals surface area contributed by atoms with Crippen molar-refractivity contribution >= 4 is 23.4 Å². The number of para-hydroxylation sites is 1. The maximum absolute atomic E-state index is 10.1. The summed E-state index contributed by atoms with van der Waals surface area (Å²) in [6.07, 6.45) is 1.58. The molecule has 1 unspecified atom stereocenters. The van der Waals surface area contributed by atoms with Gasteiger partial charge >= 0.3 is 0 Å². The number of phenols is 1. The lowest BCUT2D eigenvalue weighted by Gasteiger charge is -2.13. The van der Waals surface area contributed by atoms with Crippen LogP contribution in [0.5, 0.6) is 5.75 Å². The Balaban J connectivity index is 1.95. The van der Waals surface area contributed by atoms with Crippen molar-refractivity contribution in [1.82, 2.24) is 15.2 Å². The maximum atomic E-state index is 10.1. The number of aromatic hydroxyl groups is 1. The second-order valence-electron chi connectivity index (χ2n) is 4.71. The molecule has 0 spiro atoms. The number of pyridine rings is 1. The molecule has 7 heteroatoms. The predicted octanol–water partition coefficient (Wildman–Crippen LogP) is 4.33. The van der Waals surface area contributed by atoms with E-state index in [0.717, 1.165) is 11.3 Å². The predicted molar refractivity (Wildman–Crippen MR) is 90.6 cm³/mol. The van der Waals surface area contributed by atoms with Gasteiger partial charge in [-0.1, -0.05) is 36.7 Å². The van der Waals surface area contributed by atoms with Gasteiger partial charge in [0, 0.05) is 11.8 Å². The van der Waals surface area contributed by atoms with E-state index in [1.807, 2.05) is 19.1 Å². The van der Waals surface area contributed by atoms with E-state index in [-0.39, 0.29) is 11.0 Å². The summed E-state index contributed by atoms with van der Waals surface area (Å²) in [6, 6.07) is 10.6. The number of rotatable bonds is 5. The molecule has 0 saturated heterocycles. The highest BCUT2D eigenvalue weighted by molar-refractivity contribution is 7.99. The lowest BCUT2D eigenvalue weighted by molar-refractivity contribution is 0.461. The van der Waals surface area contributed by atoms with Crippen LogP contribution < -0.4 is 0 Å². The van der Waals surface area contributed by atoms with Gasteiger partial charge in [-0.15, -0.1) is 22.0 Å². The smallest absolute Gasteiger partial charge is 0.249 e. The van der Waals surface area contributed by atoms with Crippen LogP contribution in [-0.2, 0) is 0 Å². The van der Waals surface area contributed by atoms with Gasteiger partial charge in [0.2, 0.25) is 11.8 Å². The van der Waals surface area contributed by atoms with Gasteiger partial charge < -0.3 is 9.52 Å². The molecule has 0 aliphatic carbocycles. The van der Waals surface area contributed by atoms with E-state index < -0.39 is 0 Å². The zero-order valence-corrected chi connectivity index (χ0v) is 13.9. The van der Waals surface area contributed by atoms with Crippen LogP contribution in [0.4, 0.5) is 0 Å². The lowest BCUT2D eigenvalue weighted by atomic mass is 10.1. The fraction of sp³-hybridized carbons (Fsp3) is 0.188. The van der Waals surface area contributed by atoms with Crippen LogP contribution in [0, 0.1) is 0 Å². The fourth-order valence-electron chi connectivity index (χ4n) is 2.13. The summed E-state index contributed by atoms with van der Waals surface area (Å²) in [5, 5.41) is 18.5. The Bertz CT molecular complexity index is 792. The summed E-state index contributed by atoms with van der Waals surface area (Å²) in [5.74, 6) is 1.88. The zero-order chi connectivity index (χ0) is 16.2. The molecule has 1 N–H and O–H groups in total. The molecule has 0 amide bonds. The Morgan fingerprint density at radius 2 is 2.04 bits per heavy atom. The van der Waals surface area contributed by atoms with Crippen LogP contribution in [0.3, 0.4) is 0 Å². The summed E-state index contributed by atoms with van der Waals surface area (Å²) in [6.45, 7) is 2.04. The molecule has 1 atom stereocenters. The molecule has 1 aromatic carbocycles. The number of hydrogen-bond donors (Lipinski definition) is 1. The van der Waals surface area contributed by atoms with Crippen LogP contribution in [0.25, 0.3) is 11.5 Å². The van der Waals surface area contributed by atoms with Crippen molar-refractivity contribution in [2.24, 2.45) is 0 Å². The Kier molecular flexibility index (Phi) is 4.83. The van der Waals surface area contributed by atoms with Gasteiger partial charge in [0.05, 0.1) is 5.56 Å². The molecule has 0 saturated carbocycles. The third-order valence-electron chi connectivity index (χ3n) is 3.19. The van der Waals surface area contributed by atoms with Gasteiger partial charge in [0.15, 0.2) is 0 Å². The van der Waals surface area contributed by atoms with Gasteiger partial charge in [-0.3, -0.25) is 0 Å². The van der Waals surface area contributed by atoms with Gasteiger partial charge in [0.25, 0.3) is 0 Å². The van der Waals surface area contributed by atoms with E-state index in [4.69, 9.17) is 16.0 Å². The molecule has 118 valence electrons. The van der Waals surface area contributed by atoms with Crippen molar-refractivity contribution in [1.29, 1.82) is 0 Å². The van der Waals surface area contributed by atoms with Gasteiger partial charge in [-0.2, -0.15) is 0 Å². The number of hydrogen-bond acceptors (Lipinski definition) is 6. The standard InChI is InChI=1S/C16H14ClN3O2S/c1-2-23-14(11-5-3-4-6-12(11)21)16-20-19-15(22-16)10-7-8-13(17)18-9-10/h3-9,14,21H,2H2,1H3. The monoisotopic (exact) mass is 347 g/mol. The normalized spacial score (nSPS) is 12.3. The van der Waals surface area contributed by atoms with Gasteiger partial charge in [0.1, 0.15) is 16.2 Å². The molecule has 0 radical (unpaired) electrons. The first-order valence-electron chi connectivity index (χ1n) is 7.04. The number of halogens is 1. The second kappa shape index (κ2) is 7.02. The molecule has 5 nitrogen and oxygen atoms in total. The Labute approximate surface area is 142 Å². The highest BCUT2D eigenvalue weighted by atomic mass is 35.5. The molecule has 0 aliphatic heterocycles. The van der Waals surface area contributed by atoms with Crippen molar-refractivity contribution in [3.63, 3.8) is 0 Å². The molecular weight excluding hydrogens is 334 g/mol. The van der Waals surface area contributed by atoms with E-state index in [1.165, 1.54) is 0 Å². The number of aromatic nitrogens is 3. The average molecular weight is 348 g/mol. The quantitative estimate of drug-likeness (QED) is 0.692. The first kappa shape index (κ1) is 15.8. The Morgan fingerprint density at radius 3 is 2.74 bits per heavy atom. The number of benzene rings is 1.